The van der Waals surface area contributed by atoms with Crippen LogP contribution in [0.25, 0.3) is 10.9 Å². The van der Waals surface area contributed by atoms with E-state index < -0.39 is 11.8 Å². The number of hydrazone groups is 1. The van der Waals surface area contributed by atoms with Gasteiger partial charge in [-0.3, -0.25) is 4.79 Å². The van der Waals surface area contributed by atoms with E-state index in [4.69, 9.17) is 5.26 Å². The van der Waals surface area contributed by atoms with Crippen molar-refractivity contribution >= 4 is 23.0 Å². The lowest BCUT2D eigenvalue weighted by Gasteiger charge is -2.06. The number of hydrogen-bond acceptors (Lipinski definition) is 4. The minimum absolute atomic E-state index is 0.476. The molecule has 32 heavy (non-hydrogen) atoms. The topological polar surface area (TPSA) is 94.0 Å². The van der Waals surface area contributed by atoms with E-state index in [0.717, 1.165) is 22.0 Å². The van der Waals surface area contributed by atoms with E-state index in [-0.39, 0.29) is 0 Å². The normalized spacial score (nSPS) is 11.7. The summed E-state index contributed by atoms with van der Waals surface area (Å²) in [6.07, 6.45) is 3.56. The van der Waals surface area contributed by atoms with Gasteiger partial charge >= 0.3 is 0 Å². The van der Waals surface area contributed by atoms with Gasteiger partial charge in [-0.05, 0) is 29.3 Å². The number of aromatic nitrogens is 1. The van der Waals surface area contributed by atoms with Crippen LogP contribution in [0.1, 0.15) is 28.2 Å². The highest BCUT2D eigenvalue weighted by molar-refractivity contribution is 6.00. The second-order valence-electron chi connectivity index (χ2n) is 7.25. The smallest absolute Gasteiger partial charge is 0.261 e. The first-order chi connectivity index (χ1) is 15.7. The zero-order valence-corrected chi connectivity index (χ0v) is 17.1. The third kappa shape index (κ3) is 4.40. The number of benzene rings is 3. The molecule has 0 saturated carbocycles. The fraction of sp³-hybridized carbons (Fsp3) is 0.0769. The number of fused-ring (bicyclic) bond motifs is 1. The molecular formula is C26H19N5O. The molecule has 4 rings (SSSR count). The number of nitriles is 2. The molecule has 6 nitrogen and oxygen atoms in total. The molecule has 0 fully saturated rings. The van der Waals surface area contributed by atoms with Gasteiger partial charge in [0.05, 0.1) is 23.9 Å². The summed E-state index contributed by atoms with van der Waals surface area (Å²) in [5, 5.41) is 23.5. The second kappa shape index (κ2) is 9.42. The van der Waals surface area contributed by atoms with Crippen LogP contribution in [0.2, 0.25) is 0 Å². The predicted molar refractivity (Wildman–Crippen MR) is 123 cm³/mol. The van der Waals surface area contributed by atoms with Crippen LogP contribution >= 0.6 is 0 Å². The highest BCUT2D eigenvalue weighted by Crippen LogP contribution is 2.21. The number of nitrogens with zero attached hydrogens (tertiary/aromatic N) is 4. The van der Waals surface area contributed by atoms with Gasteiger partial charge in [-0.15, -0.1) is 0 Å². The highest BCUT2D eigenvalue weighted by Gasteiger charge is 2.19. The Morgan fingerprint density at radius 1 is 1.00 bits per heavy atom. The molecule has 1 amide bonds. The summed E-state index contributed by atoms with van der Waals surface area (Å²) in [6.45, 7) is 0.636. The fourth-order valence-electron chi connectivity index (χ4n) is 3.55. The van der Waals surface area contributed by atoms with Crippen molar-refractivity contribution < 1.29 is 4.79 Å². The van der Waals surface area contributed by atoms with Crippen molar-refractivity contribution in [1.82, 2.24) is 9.99 Å². The van der Waals surface area contributed by atoms with Crippen molar-refractivity contribution in [2.45, 2.75) is 12.5 Å². The second-order valence-corrected chi connectivity index (χ2v) is 7.25. The lowest BCUT2D eigenvalue weighted by Crippen LogP contribution is -2.24. The van der Waals surface area contributed by atoms with Gasteiger partial charge in [-0.25, -0.2) is 5.43 Å². The number of para-hydroxylation sites is 1. The summed E-state index contributed by atoms with van der Waals surface area (Å²) >= 11 is 0. The molecule has 3 aromatic carbocycles. The quantitative estimate of drug-likeness (QED) is 0.374. The molecule has 154 valence electrons. The van der Waals surface area contributed by atoms with E-state index in [1.165, 1.54) is 0 Å². The molecule has 0 aliphatic heterocycles. The molecule has 0 unspecified atom stereocenters. The van der Waals surface area contributed by atoms with Gasteiger partial charge in [-0.1, -0.05) is 60.7 Å². The van der Waals surface area contributed by atoms with Crippen LogP contribution in [0.5, 0.6) is 0 Å². The minimum atomic E-state index is -0.925. The fourth-order valence-corrected chi connectivity index (χ4v) is 3.55. The molecule has 0 bridgehead atoms. The first-order valence-corrected chi connectivity index (χ1v) is 10.0. The summed E-state index contributed by atoms with van der Waals surface area (Å²) in [4.78, 5) is 12.5. The number of carbonyl (C=O) groups excluding carboxylic acids is 1. The lowest BCUT2D eigenvalue weighted by atomic mass is 10.0. The van der Waals surface area contributed by atoms with Crippen molar-refractivity contribution in [2.24, 2.45) is 5.10 Å². The van der Waals surface area contributed by atoms with Crippen LogP contribution in [0.3, 0.4) is 0 Å². The van der Waals surface area contributed by atoms with Crippen LogP contribution in [-0.2, 0) is 11.3 Å². The van der Waals surface area contributed by atoms with Gasteiger partial charge in [0, 0.05) is 29.2 Å². The Morgan fingerprint density at radius 2 is 1.72 bits per heavy atom. The number of amides is 1. The van der Waals surface area contributed by atoms with Crippen molar-refractivity contribution in [3.63, 3.8) is 0 Å². The summed E-state index contributed by atoms with van der Waals surface area (Å²) in [6, 6.07) is 28.5. The Balaban J connectivity index is 1.54. The van der Waals surface area contributed by atoms with Crippen LogP contribution in [-0.4, -0.2) is 16.7 Å². The van der Waals surface area contributed by atoms with Gasteiger partial charge in [0.2, 0.25) is 0 Å². The van der Waals surface area contributed by atoms with E-state index in [2.05, 4.69) is 21.2 Å². The SMILES string of the molecule is N#Cc1ccc(Cn2cc(/C=N\NC(=O)[C@@H](C#N)c3ccccc3)c3ccccc32)cc1. The standard InChI is InChI=1S/C26H19N5O/c27-14-19-10-12-20(13-11-19)17-31-18-22(23-8-4-5-9-25(23)31)16-29-30-26(32)24(15-28)21-6-2-1-3-7-21/h1-13,16,18,24H,17H2,(H,30,32)/b29-16-/t24-/m0/s1. The van der Waals surface area contributed by atoms with Crippen molar-refractivity contribution in [3.05, 3.63) is 107 Å². The summed E-state index contributed by atoms with van der Waals surface area (Å²) in [5.74, 6) is -1.40. The molecule has 0 spiro atoms. The van der Waals surface area contributed by atoms with Gasteiger partial charge in [-0.2, -0.15) is 15.6 Å². The number of carbonyl (C=O) groups is 1. The summed E-state index contributed by atoms with van der Waals surface area (Å²) in [5.41, 5.74) is 6.69. The Morgan fingerprint density at radius 3 is 2.44 bits per heavy atom. The Labute approximate surface area is 185 Å². The van der Waals surface area contributed by atoms with Crippen LogP contribution in [0.4, 0.5) is 0 Å². The van der Waals surface area contributed by atoms with Crippen LogP contribution in [0, 0.1) is 22.7 Å². The molecule has 1 aromatic heterocycles. The molecular weight excluding hydrogens is 398 g/mol. The lowest BCUT2D eigenvalue weighted by molar-refractivity contribution is -0.121. The average molecular weight is 417 g/mol. The zero-order valence-electron chi connectivity index (χ0n) is 17.1. The van der Waals surface area contributed by atoms with E-state index in [1.807, 2.05) is 54.7 Å². The molecule has 0 radical (unpaired) electrons. The zero-order chi connectivity index (χ0) is 22.3. The number of rotatable bonds is 6. The molecule has 0 aliphatic carbocycles. The molecule has 0 saturated heterocycles. The number of hydrogen-bond donors (Lipinski definition) is 1. The Hall–Kier alpha value is -4.68. The molecule has 0 aliphatic rings. The van der Waals surface area contributed by atoms with Crippen molar-refractivity contribution in [1.29, 1.82) is 10.5 Å². The first kappa shape index (κ1) is 20.6. The third-order valence-corrected chi connectivity index (χ3v) is 5.16. The molecule has 1 heterocycles. The third-order valence-electron chi connectivity index (χ3n) is 5.16. The van der Waals surface area contributed by atoms with Gasteiger partial charge < -0.3 is 4.57 Å². The van der Waals surface area contributed by atoms with Crippen molar-refractivity contribution in [2.75, 3.05) is 0 Å². The summed E-state index contributed by atoms with van der Waals surface area (Å²) in [7, 11) is 0. The summed E-state index contributed by atoms with van der Waals surface area (Å²) < 4.78 is 2.10. The maximum absolute atomic E-state index is 12.5. The maximum Gasteiger partial charge on any atom is 0.261 e. The van der Waals surface area contributed by atoms with E-state index in [9.17, 15) is 10.1 Å². The van der Waals surface area contributed by atoms with E-state index in [1.54, 1.807) is 42.6 Å². The first-order valence-electron chi connectivity index (χ1n) is 10.0. The molecule has 6 heteroatoms. The van der Waals surface area contributed by atoms with E-state index >= 15 is 0 Å². The largest absolute Gasteiger partial charge is 0.342 e. The minimum Gasteiger partial charge on any atom is -0.342 e. The van der Waals surface area contributed by atoms with Crippen LogP contribution in [0.15, 0.2) is 90.2 Å². The number of nitrogens with one attached hydrogen (secondary N) is 1. The Bertz CT molecular complexity index is 1360. The average Bonchev–Trinajstić information content (AvgIpc) is 3.18. The monoisotopic (exact) mass is 417 g/mol. The molecule has 1 N–H and O–H groups in total. The highest BCUT2D eigenvalue weighted by atomic mass is 16.2. The maximum atomic E-state index is 12.5. The van der Waals surface area contributed by atoms with Gasteiger partial charge in [0.25, 0.3) is 5.91 Å². The van der Waals surface area contributed by atoms with Crippen LogP contribution < -0.4 is 5.43 Å². The molecule has 1 atom stereocenters. The van der Waals surface area contributed by atoms with Crippen molar-refractivity contribution in [3.8, 4) is 12.1 Å². The van der Waals surface area contributed by atoms with E-state index in [0.29, 0.717) is 17.7 Å². The predicted octanol–water partition coefficient (Wildman–Crippen LogP) is 4.32. The van der Waals surface area contributed by atoms with Gasteiger partial charge in [0.1, 0.15) is 0 Å². The molecule has 4 aromatic rings. The Kier molecular flexibility index (Phi) is 6.06. The van der Waals surface area contributed by atoms with Gasteiger partial charge in [0.15, 0.2) is 5.92 Å².